The molecular weight excluding hydrogens is 479 g/mol. The number of sulfonamides is 2. The van der Waals surface area contributed by atoms with Crippen LogP contribution in [0.4, 0.5) is 15.8 Å². The predicted molar refractivity (Wildman–Crippen MR) is 116 cm³/mol. The highest BCUT2D eigenvalue weighted by atomic mass is 32.2. The van der Waals surface area contributed by atoms with E-state index < -0.39 is 58.6 Å². The van der Waals surface area contributed by atoms with Gasteiger partial charge in [-0.1, -0.05) is 12.1 Å². The summed E-state index contributed by atoms with van der Waals surface area (Å²) < 4.78 is 73.9. The molecule has 0 spiro atoms. The van der Waals surface area contributed by atoms with Gasteiger partial charge in [-0.15, -0.1) is 0 Å². The van der Waals surface area contributed by atoms with E-state index in [2.05, 4.69) is 4.72 Å². The predicted octanol–water partition coefficient (Wildman–Crippen LogP) is 2.84. The Bertz CT molecular complexity index is 1440. The lowest BCUT2D eigenvalue weighted by Gasteiger charge is -2.14. The van der Waals surface area contributed by atoms with Crippen LogP contribution in [0.5, 0.6) is 11.5 Å². The van der Waals surface area contributed by atoms with Gasteiger partial charge in [0.2, 0.25) is 0 Å². The van der Waals surface area contributed by atoms with Crippen molar-refractivity contribution in [3.63, 3.8) is 0 Å². The van der Waals surface area contributed by atoms with Gasteiger partial charge in [-0.2, -0.15) is 0 Å². The molecule has 0 aromatic heterocycles. The van der Waals surface area contributed by atoms with Crippen molar-refractivity contribution in [2.24, 2.45) is 0 Å². The number of hydrogen-bond acceptors (Lipinski definition) is 7. The summed E-state index contributed by atoms with van der Waals surface area (Å²) in [6, 6.07) is 11.2. The number of phenolic OH excluding ortho intramolecular Hbond substituents is 1. The smallest absolute Gasteiger partial charge is 0.338 e. The van der Waals surface area contributed by atoms with Crippen LogP contribution in [-0.2, 0) is 20.0 Å². The zero-order chi connectivity index (χ0) is 24.4. The van der Waals surface area contributed by atoms with E-state index in [9.17, 15) is 31.1 Å². The fraction of sp³-hybridized carbons (Fsp3) is 0.0500. The lowest BCUT2D eigenvalue weighted by Crippen LogP contribution is -2.16. The van der Waals surface area contributed by atoms with Crippen LogP contribution in [0.15, 0.2) is 70.5 Å². The van der Waals surface area contributed by atoms with Gasteiger partial charge in [-0.3, -0.25) is 9.44 Å². The highest BCUT2D eigenvalue weighted by Gasteiger charge is 2.23. The van der Waals surface area contributed by atoms with Gasteiger partial charge in [0.25, 0.3) is 20.0 Å². The Kier molecular flexibility index (Phi) is 6.46. The summed E-state index contributed by atoms with van der Waals surface area (Å²) in [6.07, 6.45) is 0. The van der Waals surface area contributed by atoms with Crippen LogP contribution in [0.25, 0.3) is 0 Å². The zero-order valence-corrected chi connectivity index (χ0v) is 18.4. The first-order valence-corrected chi connectivity index (χ1v) is 12.0. The first-order chi connectivity index (χ1) is 15.4. The molecule has 0 aliphatic heterocycles. The van der Waals surface area contributed by atoms with Crippen LogP contribution in [0, 0.1) is 5.82 Å². The van der Waals surface area contributed by atoms with Crippen LogP contribution < -0.4 is 14.2 Å². The zero-order valence-electron chi connectivity index (χ0n) is 16.8. The van der Waals surface area contributed by atoms with Crippen molar-refractivity contribution in [1.29, 1.82) is 0 Å². The summed E-state index contributed by atoms with van der Waals surface area (Å²) in [5, 5.41) is 19.0. The second-order valence-corrected chi connectivity index (χ2v) is 9.90. The summed E-state index contributed by atoms with van der Waals surface area (Å²) in [6.45, 7) is 0. The third kappa shape index (κ3) is 5.15. The fourth-order valence-corrected chi connectivity index (χ4v) is 4.92. The second-order valence-electron chi connectivity index (χ2n) is 6.54. The monoisotopic (exact) mass is 496 g/mol. The van der Waals surface area contributed by atoms with Gasteiger partial charge < -0.3 is 14.9 Å². The number of ether oxygens (including phenoxy) is 1. The van der Waals surface area contributed by atoms with Crippen molar-refractivity contribution in [2.75, 3.05) is 16.6 Å². The molecule has 0 bridgehead atoms. The first kappa shape index (κ1) is 23.8. The lowest BCUT2D eigenvalue weighted by molar-refractivity contribution is 0.0691. The van der Waals surface area contributed by atoms with Gasteiger partial charge in [0.05, 0.1) is 33.8 Å². The van der Waals surface area contributed by atoms with Gasteiger partial charge in [-0.05, 0) is 48.5 Å². The molecule has 33 heavy (non-hydrogen) atoms. The number of halogens is 1. The molecule has 174 valence electrons. The molecule has 3 aromatic carbocycles. The molecule has 4 N–H and O–H groups in total. The first-order valence-electron chi connectivity index (χ1n) is 8.99. The highest BCUT2D eigenvalue weighted by Crippen LogP contribution is 2.31. The molecular formula is C20H17FN2O8S2. The Morgan fingerprint density at radius 1 is 0.879 bits per heavy atom. The minimum absolute atomic E-state index is 0.128. The quantitative estimate of drug-likeness (QED) is 0.347. The summed E-state index contributed by atoms with van der Waals surface area (Å²) in [4.78, 5) is 10.1. The Labute approximate surface area is 188 Å². The lowest BCUT2D eigenvalue weighted by atomic mass is 10.2. The largest absolute Gasteiger partial charge is 0.506 e. The summed E-state index contributed by atoms with van der Waals surface area (Å²) in [7, 11) is -7.39. The van der Waals surface area contributed by atoms with E-state index in [4.69, 9.17) is 9.84 Å². The standard InChI is InChI=1S/C20H17FN2O8S2/c1-31-19-5-3-2-4-16(19)22-33(29,30)13-7-9-18(24)17(11-13)23-32(27,28)12-6-8-15(21)14(10-12)20(25)26/h2-11,22-24H,1H3,(H,25,26). The van der Waals surface area contributed by atoms with Crippen molar-refractivity contribution in [2.45, 2.75) is 9.79 Å². The van der Waals surface area contributed by atoms with Crippen LogP contribution in [0.3, 0.4) is 0 Å². The van der Waals surface area contributed by atoms with E-state index in [1.165, 1.54) is 19.2 Å². The van der Waals surface area contributed by atoms with Crippen LogP contribution in [0.2, 0.25) is 0 Å². The third-order valence-corrected chi connectivity index (χ3v) is 7.08. The van der Waals surface area contributed by atoms with Crippen molar-refractivity contribution >= 4 is 37.4 Å². The SMILES string of the molecule is COc1ccccc1NS(=O)(=O)c1ccc(O)c(NS(=O)(=O)c2ccc(F)c(C(=O)O)c2)c1. The number of phenols is 1. The molecule has 0 unspecified atom stereocenters. The van der Waals surface area contributed by atoms with E-state index in [1.807, 2.05) is 4.72 Å². The molecule has 0 saturated carbocycles. The van der Waals surface area contributed by atoms with Crippen molar-refractivity contribution in [3.05, 3.63) is 72.0 Å². The third-order valence-electron chi connectivity index (χ3n) is 4.35. The van der Waals surface area contributed by atoms with E-state index in [0.717, 1.165) is 24.3 Å². The van der Waals surface area contributed by atoms with E-state index in [1.54, 1.807) is 12.1 Å². The average Bonchev–Trinajstić information content (AvgIpc) is 2.75. The minimum atomic E-state index is -4.52. The van der Waals surface area contributed by atoms with E-state index in [0.29, 0.717) is 12.1 Å². The number of hydrogen-bond donors (Lipinski definition) is 4. The molecule has 13 heteroatoms. The molecule has 10 nitrogen and oxygen atoms in total. The molecule has 0 radical (unpaired) electrons. The number of rotatable bonds is 8. The molecule has 0 aliphatic rings. The number of aromatic hydroxyl groups is 1. The number of aromatic carboxylic acids is 1. The van der Waals surface area contributed by atoms with E-state index >= 15 is 0 Å². The number of methoxy groups -OCH3 is 1. The maximum absolute atomic E-state index is 13.6. The normalized spacial score (nSPS) is 11.6. The Morgan fingerprint density at radius 3 is 2.09 bits per heavy atom. The summed E-state index contributed by atoms with van der Waals surface area (Å²) >= 11 is 0. The summed E-state index contributed by atoms with van der Waals surface area (Å²) in [5.74, 6) is -3.18. The number of carbonyl (C=O) groups is 1. The molecule has 0 aliphatic carbocycles. The van der Waals surface area contributed by atoms with Crippen molar-refractivity contribution < 1.29 is 41.0 Å². The number of benzene rings is 3. The highest BCUT2D eigenvalue weighted by molar-refractivity contribution is 7.93. The van der Waals surface area contributed by atoms with Gasteiger partial charge in [0, 0.05) is 0 Å². The van der Waals surface area contributed by atoms with Crippen molar-refractivity contribution in [3.8, 4) is 11.5 Å². The van der Waals surface area contributed by atoms with Crippen LogP contribution >= 0.6 is 0 Å². The van der Waals surface area contributed by atoms with Gasteiger partial charge in [-0.25, -0.2) is 26.0 Å². The molecule has 3 rings (SSSR count). The van der Waals surface area contributed by atoms with Crippen LogP contribution in [-0.4, -0.2) is 40.1 Å². The Morgan fingerprint density at radius 2 is 1.45 bits per heavy atom. The number of carboxylic acids is 1. The van der Waals surface area contributed by atoms with E-state index in [-0.39, 0.29) is 11.4 Å². The Balaban J connectivity index is 1.96. The van der Waals surface area contributed by atoms with Gasteiger partial charge >= 0.3 is 5.97 Å². The average molecular weight is 496 g/mol. The minimum Gasteiger partial charge on any atom is -0.506 e. The maximum Gasteiger partial charge on any atom is 0.338 e. The molecule has 0 fully saturated rings. The molecule has 0 saturated heterocycles. The molecule has 0 atom stereocenters. The number of carboxylic acid groups (broad SMARTS) is 1. The Hall–Kier alpha value is -3.84. The number of nitrogens with one attached hydrogen (secondary N) is 2. The van der Waals surface area contributed by atoms with Gasteiger partial charge in [0.15, 0.2) is 0 Å². The van der Waals surface area contributed by atoms with Crippen molar-refractivity contribution in [1.82, 2.24) is 0 Å². The summed E-state index contributed by atoms with van der Waals surface area (Å²) in [5.41, 5.74) is -1.25. The maximum atomic E-state index is 13.6. The second kappa shape index (κ2) is 8.96. The topological polar surface area (TPSA) is 159 Å². The molecule has 3 aromatic rings. The molecule has 0 amide bonds. The van der Waals surface area contributed by atoms with Crippen LogP contribution in [0.1, 0.15) is 10.4 Å². The molecule has 0 heterocycles. The number of para-hydroxylation sites is 2. The fourth-order valence-electron chi connectivity index (χ4n) is 2.74. The van der Waals surface area contributed by atoms with Gasteiger partial charge in [0.1, 0.15) is 17.3 Å². The number of anilines is 2.